The normalized spacial score (nSPS) is 9.91. The molecule has 7 nitrogen and oxygen atoms in total. The van der Waals surface area contributed by atoms with E-state index in [1.807, 2.05) is 0 Å². The Kier molecular flexibility index (Phi) is 6.44. The number of hydrogen-bond donors (Lipinski definition) is 0. The van der Waals surface area contributed by atoms with E-state index in [1.165, 1.54) is 39.0 Å². The van der Waals surface area contributed by atoms with Gasteiger partial charge in [-0.05, 0) is 18.6 Å². The summed E-state index contributed by atoms with van der Waals surface area (Å²) in [6.07, 6.45) is -0.111. The summed E-state index contributed by atoms with van der Waals surface area (Å²) in [5.41, 5.74) is 0.613. The summed E-state index contributed by atoms with van der Waals surface area (Å²) in [7, 11) is 0. The predicted molar refractivity (Wildman–Crippen MR) is 81.9 cm³/mol. The van der Waals surface area contributed by atoms with E-state index in [4.69, 9.17) is 9.47 Å². The average Bonchev–Trinajstić information content (AvgIpc) is 2.40. The highest BCUT2D eigenvalue weighted by molar-refractivity contribution is 6.14. The summed E-state index contributed by atoms with van der Waals surface area (Å²) in [6, 6.07) is 4.38. The van der Waals surface area contributed by atoms with Crippen molar-refractivity contribution in [2.24, 2.45) is 0 Å². The Labute approximate surface area is 134 Å². The van der Waals surface area contributed by atoms with Gasteiger partial charge < -0.3 is 9.47 Å². The van der Waals surface area contributed by atoms with E-state index in [2.05, 4.69) is 0 Å². The zero-order valence-corrected chi connectivity index (χ0v) is 13.5. The first-order valence-corrected chi connectivity index (χ1v) is 7.04. The van der Waals surface area contributed by atoms with Crippen molar-refractivity contribution in [1.82, 2.24) is 0 Å². The number of imide groups is 1. The first kappa shape index (κ1) is 18.3. The SMILES string of the molecule is CCOC(=O)Cc1ccc(OC(C)=O)cc1N(C(C)=O)C(C)=O. The molecular weight excluding hydrogens is 302 g/mol. The van der Waals surface area contributed by atoms with Gasteiger partial charge in [0, 0.05) is 26.8 Å². The zero-order chi connectivity index (χ0) is 17.6. The van der Waals surface area contributed by atoms with Crippen LogP contribution in [-0.4, -0.2) is 30.4 Å². The monoisotopic (exact) mass is 321 g/mol. The van der Waals surface area contributed by atoms with E-state index in [-0.39, 0.29) is 24.5 Å². The summed E-state index contributed by atoms with van der Waals surface area (Å²) in [4.78, 5) is 47.2. The smallest absolute Gasteiger partial charge is 0.310 e. The van der Waals surface area contributed by atoms with E-state index >= 15 is 0 Å². The third-order valence-corrected chi connectivity index (χ3v) is 2.83. The molecule has 0 fully saturated rings. The van der Waals surface area contributed by atoms with Crippen LogP contribution in [0.3, 0.4) is 0 Å². The lowest BCUT2D eigenvalue weighted by Gasteiger charge is -2.21. The van der Waals surface area contributed by atoms with Crippen LogP contribution in [0.25, 0.3) is 0 Å². The number of ether oxygens (including phenoxy) is 2. The minimum Gasteiger partial charge on any atom is -0.466 e. The van der Waals surface area contributed by atoms with Crippen LogP contribution < -0.4 is 9.64 Å². The Bertz CT molecular complexity index is 623. The third-order valence-electron chi connectivity index (χ3n) is 2.83. The van der Waals surface area contributed by atoms with Crippen LogP contribution in [0, 0.1) is 0 Å². The molecule has 0 aliphatic heterocycles. The van der Waals surface area contributed by atoms with Gasteiger partial charge in [-0.15, -0.1) is 0 Å². The Morgan fingerprint density at radius 1 is 1.04 bits per heavy atom. The second-order valence-electron chi connectivity index (χ2n) is 4.74. The summed E-state index contributed by atoms with van der Waals surface area (Å²) < 4.78 is 9.85. The van der Waals surface area contributed by atoms with Crippen LogP contribution >= 0.6 is 0 Å². The molecule has 0 spiro atoms. The molecule has 0 radical (unpaired) electrons. The lowest BCUT2D eigenvalue weighted by atomic mass is 10.1. The fraction of sp³-hybridized carbons (Fsp3) is 0.375. The molecule has 0 atom stereocenters. The molecule has 0 bridgehead atoms. The predicted octanol–water partition coefficient (Wildman–Crippen LogP) is 1.62. The third kappa shape index (κ3) is 5.21. The number of nitrogens with zero attached hydrogens (tertiary/aromatic N) is 1. The van der Waals surface area contributed by atoms with Gasteiger partial charge in [0.25, 0.3) is 0 Å². The fourth-order valence-electron chi connectivity index (χ4n) is 2.06. The summed E-state index contributed by atoms with van der Waals surface area (Å²) >= 11 is 0. The van der Waals surface area contributed by atoms with Crippen LogP contribution in [0.1, 0.15) is 33.3 Å². The average molecular weight is 321 g/mol. The Hall–Kier alpha value is -2.70. The first-order chi connectivity index (χ1) is 10.8. The second kappa shape index (κ2) is 8.07. The largest absolute Gasteiger partial charge is 0.466 e. The molecule has 0 N–H and O–H groups in total. The maximum atomic E-state index is 11.8. The molecule has 23 heavy (non-hydrogen) atoms. The van der Waals surface area contributed by atoms with Crippen molar-refractivity contribution in [3.63, 3.8) is 0 Å². The standard InChI is InChI=1S/C16H19NO6/c1-5-22-16(21)8-13-6-7-14(23-12(4)20)9-15(13)17(10(2)18)11(3)19/h6-7,9H,5,8H2,1-4H3. The highest BCUT2D eigenvalue weighted by Gasteiger charge is 2.22. The number of carbonyl (C=O) groups is 4. The lowest BCUT2D eigenvalue weighted by molar-refractivity contribution is -0.142. The Morgan fingerprint density at radius 3 is 2.13 bits per heavy atom. The van der Waals surface area contributed by atoms with E-state index in [0.29, 0.717) is 5.56 Å². The molecule has 7 heteroatoms. The van der Waals surface area contributed by atoms with Crippen LogP contribution in [0.5, 0.6) is 5.75 Å². The van der Waals surface area contributed by atoms with Crippen LogP contribution in [-0.2, 0) is 30.3 Å². The van der Waals surface area contributed by atoms with Crippen LogP contribution in [0.4, 0.5) is 5.69 Å². The number of hydrogen-bond acceptors (Lipinski definition) is 6. The molecule has 0 heterocycles. The van der Waals surface area contributed by atoms with Gasteiger partial charge in [0.1, 0.15) is 5.75 Å². The molecule has 0 unspecified atom stereocenters. The second-order valence-corrected chi connectivity index (χ2v) is 4.74. The van der Waals surface area contributed by atoms with Gasteiger partial charge in [-0.2, -0.15) is 0 Å². The van der Waals surface area contributed by atoms with E-state index < -0.39 is 23.8 Å². The quantitative estimate of drug-likeness (QED) is 0.604. The zero-order valence-electron chi connectivity index (χ0n) is 13.5. The first-order valence-electron chi connectivity index (χ1n) is 7.04. The maximum Gasteiger partial charge on any atom is 0.310 e. The molecular formula is C16H19NO6. The van der Waals surface area contributed by atoms with Gasteiger partial charge in [-0.3, -0.25) is 24.1 Å². The van der Waals surface area contributed by atoms with Gasteiger partial charge in [0.15, 0.2) is 0 Å². The van der Waals surface area contributed by atoms with Gasteiger partial charge in [-0.25, -0.2) is 0 Å². The minimum atomic E-state index is -0.536. The Morgan fingerprint density at radius 2 is 1.65 bits per heavy atom. The molecule has 0 aliphatic carbocycles. The number of benzene rings is 1. The molecule has 2 amide bonds. The fourth-order valence-corrected chi connectivity index (χ4v) is 2.06. The molecule has 0 aromatic heterocycles. The van der Waals surface area contributed by atoms with Crippen LogP contribution in [0.2, 0.25) is 0 Å². The molecule has 1 rings (SSSR count). The number of rotatable bonds is 5. The topological polar surface area (TPSA) is 90.0 Å². The van der Waals surface area contributed by atoms with E-state index in [1.54, 1.807) is 6.92 Å². The van der Waals surface area contributed by atoms with Crippen molar-refractivity contribution in [1.29, 1.82) is 0 Å². The molecule has 0 saturated heterocycles. The highest BCUT2D eigenvalue weighted by atomic mass is 16.5. The lowest BCUT2D eigenvalue weighted by Crippen LogP contribution is -2.34. The molecule has 0 aliphatic rings. The van der Waals surface area contributed by atoms with Crippen molar-refractivity contribution < 1.29 is 28.7 Å². The number of esters is 2. The van der Waals surface area contributed by atoms with Crippen molar-refractivity contribution in [2.75, 3.05) is 11.5 Å². The van der Waals surface area contributed by atoms with Crippen molar-refractivity contribution >= 4 is 29.4 Å². The maximum absolute atomic E-state index is 11.8. The van der Waals surface area contributed by atoms with Crippen molar-refractivity contribution in [2.45, 2.75) is 34.1 Å². The number of amides is 2. The minimum absolute atomic E-state index is 0.111. The highest BCUT2D eigenvalue weighted by Crippen LogP contribution is 2.28. The Balaban J connectivity index is 3.32. The summed E-state index contributed by atoms with van der Waals surface area (Å²) in [6.45, 7) is 5.60. The van der Waals surface area contributed by atoms with Crippen LogP contribution in [0.15, 0.2) is 18.2 Å². The molecule has 124 valence electrons. The van der Waals surface area contributed by atoms with Crippen molar-refractivity contribution in [3.8, 4) is 5.75 Å². The van der Waals surface area contributed by atoms with Gasteiger partial charge >= 0.3 is 11.9 Å². The summed E-state index contributed by atoms with van der Waals surface area (Å²) in [5.74, 6) is -1.87. The molecule has 1 aromatic rings. The van der Waals surface area contributed by atoms with E-state index in [9.17, 15) is 19.2 Å². The number of anilines is 1. The van der Waals surface area contributed by atoms with Gasteiger partial charge in [0.05, 0.1) is 18.7 Å². The van der Waals surface area contributed by atoms with E-state index in [0.717, 1.165) is 4.90 Å². The van der Waals surface area contributed by atoms with Crippen molar-refractivity contribution in [3.05, 3.63) is 23.8 Å². The molecule has 1 aromatic carbocycles. The molecule has 0 saturated carbocycles. The van der Waals surface area contributed by atoms with Gasteiger partial charge in [0.2, 0.25) is 11.8 Å². The van der Waals surface area contributed by atoms with Gasteiger partial charge in [-0.1, -0.05) is 6.07 Å². The number of carbonyl (C=O) groups excluding carboxylic acids is 4. The summed E-state index contributed by atoms with van der Waals surface area (Å²) in [5, 5.41) is 0.